The zero-order chi connectivity index (χ0) is 14.0. The fraction of sp³-hybridized carbons (Fsp3) is 0.933. The van der Waals surface area contributed by atoms with E-state index in [1.54, 1.807) is 0 Å². The first-order valence-electron chi connectivity index (χ1n) is 7.63. The van der Waals surface area contributed by atoms with Crippen molar-refractivity contribution in [3.05, 3.63) is 0 Å². The highest BCUT2D eigenvalue weighted by Crippen LogP contribution is 2.35. The van der Waals surface area contributed by atoms with E-state index in [0.717, 1.165) is 18.8 Å². The van der Waals surface area contributed by atoms with E-state index in [1.807, 2.05) is 20.8 Å². The molecule has 2 rings (SSSR count). The second-order valence-electron chi connectivity index (χ2n) is 7.03. The highest BCUT2D eigenvalue weighted by molar-refractivity contribution is 5.68. The molecule has 0 spiro atoms. The van der Waals surface area contributed by atoms with Crippen molar-refractivity contribution in [3.63, 3.8) is 0 Å². The van der Waals surface area contributed by atoms with Crippen LogP contribution < -0.4 is 10.6 Å². The predicted octanol–water partition coefficient (Wildman–Crippen LogP) is 2.82. The van der Waals surface area contributed by atoms with Crippen molar-refractivity contribution in [1.82, 2.24) is 10.6 Å². The smallest absolute Gasteiger partial charge is 0.407 e. The van der Waals surface area contributed by atoms with Gasteiger partial charge in [-0.1, -0.05) is 6.92 Å². The number of amides is 1. The molecule has 2 aliphatic carbocycles. The van der Waals surface area contributed by atoms with E-state index in [1.165, 1.54) is 19.3 Å². The maximum Gasteiger partial charge on any atom is 0.407 e. The third kappa shape index (κ3) is 4.68. The molecule has 4 heteroatoms. The standard InChI is InChI=1S/C15H28N2O2/c1-5-13(10-6-7-10)16-11-8-12(9-11)17-14(18)19-15(2,3)4/h10-13,16H,5-9H2,1-4H3,(H,17,18). The Morgan fingerprint density at radius 3 is 2.37 bits per heavy atom. The van der Waals surface area contributed by atoms with Gasteiger partial charge >= 0.3 is 6.09 Å². The normalized spacial score (nSPS) is 28.4. The zero-order valence-electron chi connectivity index (χ0n) is 12.7. The van der Waals surface area contributed by atoms with Gasteiger partial charge in [0.15, 0.2) is 0 Å². The molecule has 4 nitrogen and oxygen atoms in total. The summed E-state index contributed by atoms with van der Waals surface area (Å²) < 4.78 is 5.26. The fourth-order valence-corrected chi connectivity index (χ4v) is 2.73. The van der Waals surface area contributed by atoms with Crippen molar-refractivity contribution < 1.29 is 9.53 Å². The average Bonchev–Trinajstić information content (AvgIpc) is 3.02. The van der Waals surface area contributed by atoms with Crippen molar-refractivity contribution in [2.45, 2.75) is 83.5 Å². The predicted molar refractivity (Wildman–Crippen MR) is 76.1 cm³/mol. The molecule has 0 radical (unpaired) electrons. The summed E-state index contributed by atoms with van der Waals surface area (Å²) in [6, 6.07) is 1.54. The van der Waals surface area contributed by atoms with E-state index in [4.69, 9.17) is 4.74 Å². The molecule has 0 bridgehead atoms. The van der Waals surface area contributed by atoms with Gasteiger partial charge in [-0.05, 0) is 58.8 Å². The lowest BCUT2D eigenvalue weighted by Gasteiger charge is -2.39. The van der Waals surface area contributed by atoms with Crippen molar-refractivity contribution in [3.8, 4) is 0 Å². The van der Waals surface area contributed by atoms with E-state index in [0.29, 0.717) is 12.1 Å². The third-order valence-electron chi connectivity index (χ3n) is 3.94. The van der Waals surface area contributed by atoms with E-state index >= 15 is 0 Å². The average molecular weight is 268 g/mol. The Balaban J connectivity index is 1.62. The Hall–Kier alpha value is -0.770. The number of carbonyl (C=O) groups excluding carboxylic acids is 1. The molecule has 2 saturated carbocycles. The summed E-state index contributed by atoms with van der Waals surface area (Å²) in [4.78, 5) is 11.6. The lowest BCUT2D eigenvalue weighted by molar-refractivity contribution is 0.0462. The van der Waals surface area contributed by atoms with E-state index in [2.05, 4.69) is 17.6 Å². The minimum Gasteiger partial charge on any atom is -0.444 e. The first-order chi connectivity index (χ1) is 8.87. The molecule has 2 aliphatic rings. The van der Waals surface area contributed by atoms with Crippen molar-refractivity contribution >= 4 is 6.09 Å². The van der Waals surface area contributed by atoms with Crippen LogP contribution in [0.2, 0.25) is 0 Å². The van der Waals surface area contributed by atoms with Gasteiger partial charge in [0.2, 0.25) is 0 Å². The van der Waals surface area contributed by atoms with E-state index in [-0.39, 0.29) is 12.1 Å². The molecule has 1 atom stereocenters. The van der Waals surface area contributed by atoms with Crippen LogP contribution in [0.15, 0.2) is 0 Å². The van der Waals surface area contributed by atoms with Crippen LogP contribution in [0.25, 0.3) is 0 Å². The summed E-state index contributed by atoms with van der Waals surface area (Å²) in [6.07, 6.45) is 5.76. The summed E-state index contributed by atoms with van der Waals surface area (Å²) in [7, 11) is 0. The van der Waals surface area contributed by atoms with Crippen LogP contribution in [0.1, 0.15) is 59.8 Å². The first kappa shape index (κ1) is 14.6. The number of nitrogens with one attached hydrogen (secondary N) is 2. The van der Waals surface area contributed by atoms with Gasteiger partial charge in [-0.15, -0.1) is 0 Å². The summed E-state index contributed by atoms with van der Waals surface area (Å²) in [5, 5.41) is 6.66. The lowest BCUT2D eigenvalue weighted by atomic mass is 9.86. The molecule has 2 N–H and O–H groups in total. The van der Waals surface area contributed by atoms with Crippen LogP contribution in [0.5, 0.6) is 0 Å². The van der Waals surface area contributed by atoms with Crippen LogP contribution in [0, 0.1) is 5.92 Å². The molecule has 0 aliphatic heterocycles. The van der Waals surface area contributed by atoms with Crippen LogP contribution in [0.3, 0.4) is 0 Å². The van der Waals surface area contributed by atoms with Gasteiger partial charge < -0.3 is 15.4 Å². The molecule has 1 amide bonds. The van der Waals surface area contributed by atoms with Gasteiger partial charge in [0, 0.05) is 18.1 Å². The third-order valence-corrected chi connectivity index (χ3v) is 3.94. The Labute approximate surface area is 116 Å². The Kier molecular flexibility index (Phi) is 4.39. The van der Waals surface area contributed by atoms with E-state index in [9.17, 15) is 4.79 Å². The van der Waals surface area contributed by atoms with Crippen molar-refractivity contribution in [1.29, 1.82) is 0 Å². The molecule has 110 valence electrons. The Morgan fingerprint density at radius 2 is 1.89 bits per heavy atom. The largest absolute Gasteiger partial charge is 0.444 e. The molecule has 0 saturated heterocycles. The summed E-state index contributed by atoms with van der Waals surface area (Å²) in [5.74, 6) is 0.905. The minimum atomic E-state index is -0.412. The molecule has 2 fully saturated rings. The van der Waals surface area contributed by atoms with Crippen LogP contribution in [0.4, 0.5) is 4.79 Å². The highest BCUT2D eigenvalue weighted by atomic mass is 16.6. The first-order valence-corrected chi connectivity index (χ1v) is 7.63. The molecule has 0 aromatic rings. The van der Waals surface area contributed by atoms with Crippen LogP contribution >= 0.6 is 0 Å². The number of hydrogen-bond acceptors (Lipinski definition) is 3. The molecule has 19 heavy (non-hydrogen) atoms. The summed E-state index contributed by atoms with van der Waals surface area (Å²) >= 11 is 0. The van der Waals surface area contributed by atoms with Crippen molar-refractivity contribution in [2.24, 2.45) is 5.92 Å². The second-order valence-corrected chi connectivity index (χ2v) is 7.03. The number of ether oxygens (including phenoxy) is 1. The molecule has 0 heterocycles. The molecular weight excluding hydrogens is 240 g/mol. The van der Waals surface area contributed by atoms with Crippen LogP contribution in [-0.2, 0) is 4.74 Å². The van der Waals surface area contributed by atoms with E-state index < -0.39 is 5.60 Å². The SMILES string of the molecule is CCC(NC1CC(NC(=O)OC(C)(C)C)C1)C1CC1. The maximum absolute atomic E-state index is 11.6. The number of hydrogen-bond donors (Lipinski definition) is 2. The number of alkyl carbamates (subject to hydrolysis) is 1. The fourth-order valence-electron chi connectivity index (χ4n) is 2.73. The van der Waals surface area contributed by atoms with Gasteiger partial charge in [0.1, 0.15) is 5.60 Å². The van der Waals surface area contributed by atoms with Crippen molar-refractivity contribution in [2.75, 3.05) is 0 Å². The molecular formula is C15H28N2O2. The monoisotopic (exact) mass is 268 g/mol. The summed E-state index contributed by atoms with van der Waals surface area (Å²) in [5.41, 5.74) is -0.412. The maximum atomic E-state index is 11.6. The summed E-state index contributed by atoms with van der Waals surface area (Å²) in [6.45, 7) is 7.92. The topological polar surface area (TPSA) is 50.4 Å². The van der Waals surface area contributed by atoms with Gasteiger partial charge in [0.25, 0.3) is 0 Å². The zero-order valence-corrected chi connectivity index (χ0v) is 12.7. The van der Waals surface area contributed by atoms with Crippen LogP contribution in [-0.4, -0.2) is 29.8 Å². The number of rotatable bonds is 5. The lowest BCUT2D eigenvalue weighted by Crippen LogP contribution is -2.55. The second kappa shape index (κ2) is 5.70. The molecule has 1 unspecified atom stereocenters. The van der Waals surface area contributed by atoms with Gasteiger partial charge in [-0.25, -0.2) is 4.79 Å². The Bertz CT molecular complexity index is 315. The highest BCUT2D eigenvalue weighted by Gasteiger charge is 2.36. The number of carbonyl (C=O) groups is 1. The molecule has 0 aromatic carbocycles. The Morgan fingerprint density at radius 1 is 1.26 bits per heavy atom. The minimum absolute atomic E-state index is 0.282. The van der Waals surface area contributed by atoms with Gasteiger partial charge in [-0.2, -0.15) is 0 Å². The molecule has 0 aromatic heterocycles. The van der Waals surface area contributed by atoms with Gasteiger partial charge in [0.05, 0.1) is 0 Å². The quantitative estimate of drug-likeness (QED) is 0.806. The van der Waals surface area contributed by atoms with Gasteiger partial charge in [-0.3, -0.25) is 0 Å².